The molecule has 1 saturated heterocycles. The van der Waals surface area contributed by atoms with Crippen LogP contribution in [-0.2, 0) is 0 Å². The van der Waals surface area contributed by atoms with Crippen LogP contribution < -0.4 is 5.01 Å². The molecule has 4 heteroatoms. The first-order valence-corrected chi connectivity index (χ1v) is 25.1. The van der Waals surface area contributed by atoms with Crippen molar-refractivity contribution in [1.29, 1.82) is 0 Å². The fourth-order valence-electron chi connectivity index (χ4n) is 12.2. The van der Waals surface area contributed by atoms with Gasteiger partial charge >= 0.3 is 0 Å². The normalized spacial score (nSPS) is 18.1. The topological polar surface area (TPSA) is 10.9 Å². The summed E-state index contributed by atoms with van der Waals surface area (Å²) in [4.78, 5) is 0. The first kappa shape index (κ1) is 39.0. The Kier molecular flexibility index (Phi) is 8.48. The van der Waals surface area contributed by atoms with Gasteiger partial charge in [-0.2, -0.15) is 5.01 Å². The molecule has 4 atom stereocenters. The van der Waals surface area contributed by atoms with Gasteiger partial charge in [0.15, 0.2) is 0 Å². The predicted octanol–water partition coefficient (Wildman–Crippen LogP) is 17.7. The van der Waals surface area contributed by atoms with Crippen molar-refractivity contribution in [3.8, 4) is 39.1 Å². The van der Waals surface area contributed by atoms with E-state index in [1.54, 1.807) is 0 Å². The number of aromatic nitrogens is 1. The molecule has 0 saturated carbocycles. The van der Waals surface area contributed by atoms with Crippen molar-refractivity contribution in [2.75, 3.05) is 5.01 Å². The highest BCUT2D eigenvalue weighted by Crippen LogP contribution is 2.61. The zero-order valence-corrected chi connectivity index (χ0v) is 38.9. The minimum absolute atomic E-state index is 0.133. The Hall–Kier alpha value is -8.02. The third-order valence-corrected chi connectivity index (χ3v) is 16.5. The molecule has 326 valence electrons. The highest BCUT2D eigenvalue weighted by molar-refractivity contribution is 7.25. The summed E-state index contributed by atoms with van der Waals surface area (Å²) < 4.78 is 5.21. The summed E-state index contributed by atoms with van der Waals surface area (Å²) >= 11 is 1.88. The van der Waals surface area contributed by atoms with E-state index < -0.39 is 0 Å². The predicted molar refractivity (Wildman–Crippen MR) is 291 cm³/mol. The lowest BCUT2D eigenvalue weighted by Crippen LogP contribution is -2.09. The van der Waals surface area contributed by atoms with E-state index in [9.17, 15) is 0 Å². The van der Waals surface area contributed by atoms with Crippen LogP contribution >= 0.6 is 11.3 Å². The first-order valence-electron chi connectivity index (χ1n) is 24.3. The van der Waals surface area contributed by atoms with Crippen molar-refractivity contribution in [3.05, 3.63) is 246 Å². The Labute approximate surface area is 405 Å². The van der Waals surface area contributed by atoms with Gasteiger partial charge in [0.05, 0.1) is 22.8 Å². The Bertz CT molecular complexity index is 4080. The zero-order chi connectivity index (χ0) is 45.3. The minimum atomic E-state index is 0.133. The SMILES string of the molecule is CC1CC=Cc2ccc3c(c21)c1c2ccccc2c(-c2ccc4sc5ccccc5c4c2)cc1n3-c1ccc(C2N3c4ccccc4C(c4ccc(-c5cccc(-c6ccccc6)c5)cc4)N23)cc1. The van der Waals surface area contributed by atoms with Crippen LogP contribution in [0.2, 0.25) is 0 Å². The van der Waals surface area contributed by atoms with Gasteiger partial charge in [-0.3, -0.25) is 5.01 Å². The van der Waals surface area contributed by atoms with Gasteiger partial charge in [-0.05, 0) is 133 Å². The molecule has 0 spiro atoms. The van der Waals surface area contributed by atoms with Crippen LogP contribution in [0.1, 0.15) is 59.3 Å². The molecule has 0 bridgehead atoms. The first-order chi connectivity index (χ1) is 34.1. The molecule has 69 heavy (non-hydrogen) atoms. The number of hydrazine groups is 1. The van der Waals surface area contributed by atoms with E-state index in [1.807, 2.05) is 11.3 Å². The highest BCUT2D eigenvalue weighted by Gasteiger charge is 2.57. The molecule has 3 aliphatic rings. The largest absolute Gasteiger partial charge is 0.309 e. The number of fused-ring (bicyclic) bond motifs is 13. The van der Waals surface area contributed by atoms with E-state index in [0.717, 1.165) is 6.42 Å². The molecule has 1 fully saturated rings. The molecule has 10 aromatic carbocycles. The highest BCUT2D eigenvalue weighted by atomic mass is 32.1. The van der Waals surface area contributed by atoms with Gasteiger partial charge in [-0.25, -0.2) is 0 Å². The third kappa shape index (κ3) is 5.89. The van der Waals surface area contributed by atoms with Crippen molar-refractivity contribution < 1.29 is 0 Å². The Morgan fingerprint density at radius 3 is 2.00 bits per heavy atom. The molecular formula is C65H45N3S. The summed E-state index contributed by atoms with van der Waals surface area (Å²) in [6.07, 6.45) is 5.88. The minimum Gasteiger partial charge on any atom is -0.309 e. The lowest BCUT2D eigenvalue weighted by Gasteiger charge is -2.20. The maximum absolute atomic E-state index is 2.57. The number of hydrogen-bond donors (Lipinski definition) is 0. The van der Waals surface area contributed by atoms with E-state index in [-0.39, 0.29) is 12.2 Å². The van der Waals surface area contributed by atoms with Crippen molar-refractivity contribution >= 4 is 75.9 Å². The molecule has 0 radical (unpaired) electrons. The number of nitrogens with zero attached hydrogens (tertiary/aromatic N) is 3. The number of allylic oxidation sites excluding steroid dienone is 1. The molecule has 0 amide bonds. The van der Waals surface area contributed by atoms with E-state index in [0.29, 0.717) is 5.92 Å². The van der Waals surface area contributed by atoms with Crippen LogP contribution in [-0.4, -0.2) is 9.58 Å². The Morgan fingerprint density at radius 1 is 0.478 bits per heavy atom. The molecular weight excluding hydrogens is 855 g/mol. The second-order valence-electron chi connectivity index (χ2n) is 19.2. The standard InChI is InChI=1S/C65H45N3S/c1-40-13-11-16-43-31-35-57-63(61(40)43)62-52-21-6-5-19-50(52)54(48-32-36-60-55(38-48)51-20-8-10-24-59(51)69-60)39-58(62)66(57)49-33-29-45(30-34-49)65-67-56-23-9-7-22-53(56)64(68(65)67)44-27-25-42(26-28-44)47-18-12-17-46(37-47)41-14-3-2-4-15-41/h2-12,14-40,64-65H,13H2,1H3. The average molecular weight is 900 g/mol. The van der Waals surface area contributed by atoms with E-state index >= 15 is 0 Å². The monoisotopic (exact) mass is 899 g/mol. The molecule has 2 aromatic heterocycles. The number of thiophene rings is 1. The lowest BCUT2D eigenvalue weighted by molar-refractivity contribution is 0.446. The Balaban J connectivity index is 0.839. The van der Waals surface area contributed by atoms with Crippen molar-refractivity contribution in [1.82, 2.24) is 9.58 Å². The van der Waals surface area contributed by atoms with Crippen molar-refractivity contribution in [2.45, 2.75) is 31.5 Å². The summed E-state index contributed by atoms with van der Waals surface area (Å²) in [7, 11) is 0. The third-order valence-electron chi connectivity index (χ3n) is 15.4. The van der Waals surface area contributed by atoms with Gasteiger partial charge in [0, 0.05) is 42.2 Å². The van der Waals surface area contributed by atoms with Crippen LogP contribution in [0.4, 0.5) is 5.69 Å². The summed E-state index contributed by atoms with van der Waals surface area (Å²) in [6.45, 7) is 2.40. The van der Waals surface area contributed by atoms with Crippen LogP contribution in [0.3, 0.4) is 0 Å². The van der Waals surface area contributed by atoms with E-state index in [4.69, 9.17) is 0 Å². The van der Waals surface area contributed by atoms with Crippen molar-refractivity contribution in [3.63, 3.8) is 0 Å². The van der Waals surface area contributed by atoms with Gasteiger partial charge in [-0.15, -0.1) is 11.3 Å². The van der Waals surface area contributed by atoms with E-state index in [2.05, 4.69) is 246 Å². The molecule has 4 unspecified atom stereocenters. The second kappa shape index (κ2) is 15.0. The van der Waals surface area contributed by atoms with Gasteiger partial charge in [0.25, 0.3) is 0 Å². The van der Waals surface area contributed by atoms with Crippen molar-refractivity contribution in [2.24, 2.45) is 0 Å². The van der Waals surface area contributed by atoms with Crippen LogP contribution in [0, 0.1) is 0 Å². The fourth-order valence-corrected chi connectivity index (χ4v) is 13.3. The van der Waals surface area contributed by atoms with Crippen LogP contribution in [0.15, 0.2) is 218 Å². The summed E-state index contributed by atoms with van der Waals surface area (Å²) in [5.41, 5.74) is 19.2. The summed E-state index contributed by atoms with van der Waals surface area (Å²) in [5.74, 6) is 0.415. The summed E-state index contributed by atoms with van der Waals surface area (Å²) in [6, 6.07) is 79.6. The average Bonchev–Trinajstić information content (AvgIpc) is 3.67. The fraction of sp³-hybridized carbons (Fsp3) is 0.0769. The number of para-hydroxylation sites is 1. The van der Waals surface area contributed by atoms with E-state index in [1.165, 1.54) is 125 Å². The van der Waals surface area contributed by atoms with Gasteiger partial charge in [-0.1, -0.05) is 177 Å². The lowest BCUT2D eigenvalue weighted by atomic mass is 9.84. The smallest absolute Gasteiger partial charge is 0.141 e. The molecule has 2 aliphatic heterocycles. The number of benzene rings is 10. The molecule has 4 heterocycles. The Morgan fingerprint density at radius 2 is 1.16 bits per heavy atom. The maximum Gasteiger partial charge on any atom is 0.141 e. The second-order valence-corrected chi connectivity index (χ2v) is 20.3. The zero-order valence-electron chi connectivity index (χ0n) is 38.1. The molecule has 12 aromatic rings. The number of hydrogen-bond acceptors (Lipinski definition) is 3. The quantitative estimate of drug-likeness (QED) is 0.154. The maximum atomic E-state index is 2.57. The number of anilines is 1. The molecule has 1 aliphatic carbocycles. The van der Waals surface area contributed by atoms with Gasteiger partial charge in [0.1, 0.15) is 6.17 Å². The van der Waals surface area contributed by atoms with Gasteiger partial charge in [0.2, 0.25) is 0 Å². The molecule has 0 N–H and O–H groups in total. The number of rotatable bonds is 6. The van der Waals surface area contributed by atoms with Crippen LogP contribution in [0.5, 0.6) is 0 Å². The molecule has 15 rings (SSSR count). The van der Waals surface area contributed by atoms with Crippen LogP contribution in [0.25, 0.3) is 97.9 Å². The summed E-state index contributed by atoms with van der Waals surface area (Å²) in [5, 5.41) is 13.0. The molecule has 3 nitrogen and oxygen atoms in total. The van der Waals surface area contributed by atoms with Gasteiger partial charge < -0.3 is 4.57 Å².